The highest BCUT2D eigenvalue weighted by Crippen LogP contribution is 2.10. The van der Waals surface area contributed by atoms with Crippen LogP contribution >= 0.6 is 0 Å². The highest BCUT2D eigenvalue weighted by molar-refractivity contribution is 5.89. The molecule has 0 aliphatic heterocycles. The summed E-state index contributed by atoms with van der Waals surface area (Å²) < 4.78 is 9.59. The molecule has 0 unspecified atom stereocenters. The maximum Gasteiger partial charge on any atom is 0.337 e. The van der Waals surface area contributed by atoms with E-state index in [2.05, 4.69) is 15.4 Å². The summed E-state index contributed by atoms with van der Waals surface area (Å²) in [5.41, 5.74) is 2.54. The molecule has 2 aromatic rings. The highest BCUT2D eigenvalue weighted by Gasteiger charge is 2.09. The molecular weight excluding hydrogens is 376 g/mol. The van der Waals surface area contributed by atoms with Crippen LogP contribution in [-0.2, 0) is 36.8 Å². The molecule has 0 saturated heterocycles. The van der Waals surface area contributed by atoms with Gasteiger partial charge in [0, 0.05) is 19.2 Å². The molecule has 29 heavy (non-hydrogen) atoms. The Kier molecular flexibility index (Phi) is 7.90. The van der Waals surface area contributed by atoms with E-state index in [1.54, 1.807) is 48.5 Å². The third kappa shape index (κ3) is 7.45. The van der Waals surface area contributed by atoms with Crippen molar-refractivity contribution in [3.05, 3.63) is 65.2 Å². The predicted molar refractivity (Wildman–Crippen MR) is 105 cm³/mol. The van der Waals surface area contributed by atoms with Gasteiger partial charge in [-0.05, 0) is 35.4 Å². The van der Waals surface area contributed by atoms with E-state index in [1.807, 2.05) is 0 Å². The van der Waals surface area contributed by atoms with E-state index in [4.69, 9.17) is 4.74 Å². The number of methoxy groups -OCH3 is 1. The van der Waals surface area contributed by atoms with Gasteiger partial charge in [-0.1, -0.05) is 24.3 Å². The fourth-order valence-corrected chi connectivity index (χ4v) is 2.40. The van der Waals surface area contributed by atoms with E-state index >= 15 is 0 Å². The van der Waals surface area contributed by atoms with Crippen molar-refractivity contribution < 1.29 is 28.7 Å². The maximum absolute atomic E-state index is 11.9. The quantitative estimate of drug-likeness (QED) is 0.657. The van der Waals surface area contributed by atoms with E-state index < -0.39 is 17.8 Å². The molecule has 0 aliphatic rings. The zero-order valence-corrected chi connectivity index (χ0v) is 16.2. The first kappa shape index (κ1) is 21.6. The summed E-state index contributed by atoms with van der Waals surface area (Å²) in [5, 5.41) is 5.27. The van der Waals surface area contributed by atoms with Crippen molar-refractivity contribution in [1.29, 1.82) is 0 Å². The Balaban J connectivity index is 1.72. The fraction of sp³-hybridized carbons (Fsp3) is 0.238. The van der Waals surface area contributed by atoms with Gasteiger partial charge in [0.15, 0.2) is 6.61 Å². The lowest BCUT2D eigenvalue weighted by atomic mass is 10.1. The molecule has 8 nitrogen and oxygen atoms in total. The second-order valence-electron chi connectivity index (χ2n) is 6.18. The van der Waals surface area contributed by atoms with Crippen molar-refractivity contribution in [2.24, 2.45) is 0 Å². The number of anilines is 1. The molecule has 2 N–H and O–H groups in total. The first-order chi connectivity index (χ1) is 13.9. The van der Waals surface area contributed by atoms with Gasteiger partial charge in [-0.2, -0.15) is 0 Å². The summed E-state index contributed by atoms with van der Waals surface area (Å²) in [4.78, 5) is 46.1. The first-order valence-corrected chi connectivity index (χ1v) is 8.83. The largest absolute Gasteiger partial charge is 0.465 e. The fourth-order valence-electron chi connectivity index (χ4n) is 2.40. The van der Waals surface area contributed by atoms with Crippen LogP contribution in [0.1, 0.15) is 28.4 Å². The average Bonchev–Trinajstić information content (AvgIpc) is 2.71. The molecule has 0 atom stereocenters. The molecular formula is C21H22N2O6. The standard InChI is InChI=1S/C21H22N2O6/c1-14(24)23-18-9-5-15(6-10-18)11-20(26)29-13-19(25)22-12-16-3-7-17(8-4-16)21(27)28-2/h3-10H,11-13H2,1-2H3,(H,22,25)(H,23,24). The van der Waals surface area contributed by atoms with Crippen LogP contribution in [-0.4, -0.2) is 37.5 Å². The Bertz CT molecular complexity index is 875. The lowest BCUT2D eigenvalue weighted by Gasteiger charge is -2.08. The molecule has 0 heterocycles. The summed E-state index contributed by atoms with van der Waals surface area (Å²) in [6, 6.07) is 13.4. The molecule has 2 aromatic carbocycles. The van der Waals surface area contributed by atoms with Crippen molar-refractivity contribution in [3.8, 4) is 0 Å². The third-order valence-electron chi connectivity index (χ3n) is 3.85. The lowest BCUT2D eigenvalue weighted by molar-refractivity contribution is -0.147. The number of hydrogen-bond donors (Lipinski definition) is 2. The van der Waals surface area contributed by atoms with Gasteiger partial charge in [0.25, 0.3) is 5.91 Å². The summed E-state index contributed by atoms with van der Waals surface area (Å²) in [6.45, 7) is 1.26. The van der Waals surface area contributed by atoms with Crippen molar-refractivity contribution in [2.75, 3.05) is 19.0 Å². The van der Waals surface area contributed by atoms with Crippen LogP contribution in [0.3, 0.4) is 0 Å². The molecule has 0 radical (unpaired) electrons. The normalized spacial score (nSPS) is 10.0. The zero-order chi connectivity index (χ0) is 21.2. The van der Waals surface area contributed by atoms with Gasteiger partial charge >= 0.3 is 11.9 Å². The van der Waals surface area contributed by atoms with Crippen molar-refractivity contribution in [2.45, 2.75) is 19.9 Å². The third-order valence-corrected chi connectivity index (χ3v) is 3.85. The summed E-state index contributed by atoms with van der Waals surface area (Å²) in [6.07, 6.45) is 0.0165. The minimum atomic E-state index is -0.533. The minimum absolute atomic E-state index is 0.0165. The summed E-state index contributed by atoms with van der Waals surface area (Å²) in [7, 11) is 1.30. The van der Waals surface area contributed by atoms with E-state index in [9.17, 15) is 19.2 Å². The Labute approximate surface area is 168 Å². The molecule has 0 bridgehead atoms. The number of ether oxygens (including phenoxy) is 2. The van der Waals surface area contributed by atoms with E-state index in [-0.39, 0.29) is 25.5 Å². The number of carbonyl (C=O) groups is 4. The Hall–Kier alpha value is -3.68. The van der Waals surface area contributed by atoms with Crippen molar-refractivity contribution >= 4 is 29.4 Å². The van der Waals surface area contributed by atoms with E-state index in [0.29, 0.717) is 16.8 Å². The average molecular weight is 398 g/mol. The SMILES string of the molecule is COC(=O)c1ccc(CNC(=O)COC(=O)Cc2ccc(NC(C)=O)cc2)cc1. The van der Waals surface area contributed by atoms with Crippen molar-refractivity contribution in [3.63, 3.8) is 0 Å². The maximum atomic E-state index is 11.9. The number of hydrogen-bond acceptors (Lipinski definition) is 6. The van der Waals surface area contributed by atoms with Crippen LogP contribution in [0.25, 0.3) is 0 Å². The smallest absolute Gasteiger partial charge is 0.337 e. The van der Waals surface area contributed by atoms with Crippen LogP contribution in [0.4, 0.5) is 5.69 Å². The number of carbonyl (C=O) groups excluding carboxylic acids is 4. The van der Waals surface area contributed by atoms with Crippen LogP contribution in [0.15, 0.2) is 48.5 Å². The molecule has 152 valence electrons. The van der Waals surface area contributed by atoms with Gasteiger partial charge in [-0.25, -0.2) is 4.79 Å². The lowest BCUT2D eigenvalue weighted by Crippen LogP contribution is -2.28. The zero-order valence-electron chi connectivity index (χ0n) is 16.2. The topological polar surface area (TPSA) is 111 Å². The molecule has 0 aromatic heterocycles. The molecule has 0 saturated carbocycles. The Morgan fingerprint density at radius 2 is 1.52 bits per heavy atom. The second kappa shape index (κ2) is 10.6. The van der Waals surface area contributed by atoms with E-state index in [1.165, 1.54) is 14.0 Å². The number of esters is 2. The van der Waals surface area contributed by atoms with Crippen LogP contribution < -0.4 is 10.6 Å². The number of amides is 2. The minimum Gasteiger partial charge on any atom is -0.465 e. The van der Waals surface area contributed by atoms with Crippen LogP contribution in [0.5, 0.6) is 0 Å². The van der Waals surface area contributed by atoms with Gasteiger partial charge in [0.05, 0.1) is 19.1 Å². The van der Waals surface area contributed by atoms with Gasteiger partial charge in [-0.15, -0.1) is 0 Å². The van der Waals surface area contributed by atoms with E-state index in [0.717, 1.165) is 5.56 Å². The monoisotopic (exact) mass is 398 g/mol. The Morgan fingerprint density at radius 3 is 2.10 bits per heavy atom. The Morgan fingerprint density at radius 1 is 0.897 bits per heavy atom. The number of rotatable bonds is 8. The number of benzene rings is 2. The highest BCUT2D eigenvalue weighted by atomic mass is 16.5. The van der Waals surface area contributed by atoms with Gasteiger partial charge in [0.1, 0.15) is 0 Å². The first-order valence-electron chi connectivity index (χ1n) is 8.83. The van der Waals surface area contributed by atoms with Gasteiger partial charge < -0.3 is 20.1 Å². The summed E-state index contributed by atoms with van der Waals surface area (Å²) in [5.74, 6) is -1.58. The molecule has 0 spiro atoms. The van der Waals surface area contributed by atoms with Crippen LogP contribution in [0, 0.1) is 0 Å². The molecule has 0 fully saturated rings. The molecule has 0 aliphatic carbocycles. The predicted octanol–water partition coefficient (Wildman–Crippen LogP) is 1.83. The van der Waals surface area contributed by atoms with Gasteiger partial charge in [0.2, 0.25) is 5.91 Å². The van der Waals surface area contributed by atoms with Gasteiger partial charge in [-0.3, -0.25) is 14.4 Å². The molecule has 2 amide bonds. The number of nitrogens with one attached hydrogen (secondary N) is 2. The second-order valence-corrected chi connectivity index (χ2v) is 6.18. The molecule has 2 rings (SSSR count). The van der Waals surface area contributed by atoms with Crippen LogP contribution in [0.2, 0.25) is 0 Å². The van der Waals surface area contributed by atoms with Crippen molar-refractivity contribution in [1.82, 2.24) is 5.32 Å². The summed E-state index contributed by atoms with van der Waals surface area (Å²) >= 11 is 0. The molecule has 8 heteroatoms.